The zero-order valence-electron chi connectivity index (χ0n) is 10.3. The summed E-state index contributed by atoms with van der Waals surface area (Å²) >= 11 is 0. The molecule has 6 heteroatoms. The Labute approximate surface area is 104 Å². The minimum absolute atomic E-state index is 0.0948. The van der Waals surface area contributed by atoms with Crippen LogP contribution in [0.3, 0.4) is 0 Å². The smallest absolute Gasteiger partial charge is 0.373 e. The van der Waals surface area contributed by atoms with Crippen molar-refractivity contribution in [2.45, 2.75) is 26.4 Å². The number of benzene rings is 1. The van der Waals surface area contributed by atoms with Gasteiger partial charge in [0.1, 0.15) is 5.60 Å². The van der Waals surface area contributed by atoms with Crippen LogP contribution in [0.25, 0.3) is 0 Å². The molecule has 98 valence electrons. The highest BCUT2D eigenvalue weighted by atomic mass is 17.2. The summed E-state index contributed by atoms with van der Waals surface area (Å²) in [6.07, 6.45) is 0. The third kappa shape index (κ3) is 3.83. The molecule has 0 atom stereocenters. The van der Waals surface area contributed by atoms with Gasteiger partial charge in [0, 0.05) is 0 Å². The molecule has 0 amide bonds. The van der Waals surface area contributed by atoms with Crippen LogP contribution in [0, 0.1) is 0 Å². The molecule has 0 aromatic heterocycles. The van der Waals surface area contributed by atoms with E-state index in [-0.39, 0.29) is 11.1 Å². The van der Waals surface area contributed by atoms with E-state index in [4.69, 9.17) is 4.89 Å². The van der Waals surface area contributed by atoms with E-state index >= 15 is 0 Å². The Balaban J connectivity index is 2.89. The molecule has 0 aliphatic rings. The van der Waals surface area contributed by atoms with Gasteiger partial charge in [0.15, 0.2) is 0 Å². The summed E-state index contributed by atoms with van der Waals surface area (Å²) in [5.41, 5.74) is -0.943. The number of carbonyl (C=O) groups is 2. The molecule has 0 N–H and O–H groups in total. The average Bonchev–Trinajstić information content (AvgIpc) is 2.34. The molecule has 0 saturated carbocycles. The highest BCUT2D eigenvalue weighted by Gasteiger charge is 2.21. The molecule has 1 aromatic carbocycles. The zero-order valence-corrected chi connectivity index (χ0v) is 10.3. The van der Waals surface area contributed by atoms with Crippen LogP contribution in [0.4, 0.5) is 0 Å². The minimum atomic E-state index is -1.15. The van der Waals surface area contributed by atoms with Crippen LogP contribution >= 0.6 is 0 Å². The van der Waals surface area contributed by atoms with Crippen molar-refractivity contribution in [1.82, 2.24) is 0 Å². The van der Waals surface area contributed by atoms with E-state index < -0.39 is 17.5 Å². The summed E-state index contributed by atoms with van der Waals surface area (Å²) in [6, 6.07) is 5.64. The van der Waals surface area contributed by atoms with Gasteiger partial charge in [0.05, 0.1) is 11.1 Å². The molecule has 6 nitrogen and oxygen atoms in total. The topological polar surface area (TPSA) is 84.9 Å². The molecule has 0 heterocycles. The van der Waals surface area contributed by atoms with Gasteiger partial charge in [0.2, 0.25) is 0 Å². The summed E-state index contributed by atoms with van der Waals surface area (Å²) < 4.78 is 0. The predicted molar refractivity (Wildman–Crippen MR) is 58.1 cm³/mol. The molecule has 0 fully saturated rings. The predicted octanol–water partition coefficient (Wildman–Crippen LogP) is 1.01. The van der Waals surface area contributed by atoms with Gasteiger partial charge < -0.3 is 10.1 Å². The first-order chi connectivity index (χ1) is 8.35. The lowest BCUT2D eigenvalue weighted by molar-refractivity contribution is -0.653. The first-order valence-electron chi connectivity index (χ1n) is 5.18. The summed E-state index contributed by atoms with van der Waals surface area (Å²) in [4.78, 5) is 35.6. The molecule has 0 spiro atoms. The summed E-state index contributed by atoms with van der Waals surface area (Å²) in [6.45, 7) is 5.08. The van der Waals surface area contributed by atoms with E-state index in [0.717, 1.165) is 0 Å². The molecule has 0 unspecified atom stereocenters. The Morgan fingerprint density at radius 3 is 2.00 bits per heavy atom. The van der Waals surface area contributed by atoms with E-state index in [0.29, 0.717) is 0 Å². The molecular formula is C12H13O6-. The fourth-order valence-electron chi connectivity index (χ4n) is 1.09. The largest absolute Gasteiger partial charge is 0.661 e. The Morgan fingerprint density at radius 1 is 1.06 bits per heavy atom. The molecule has 1 aromatic rings. The van der Waals surface area contributed by atoms with Gasteiger partial charge in [-0.05, 0) is 32.9 Å². The Kier molecular flexibility index (Phi) is 4.41. The maximum atomic E-state index is 11.7. The molecule has 1 rings (SSSR count). The Hall–Kier alpha value is -1.92. The van der Waals surface area contributed by atoms with Gasteiger partial charge in [0.25, 0.3) is 0 Å². The maximum Gasteiger partial charge on any atom is 0.373 e. The maximum absolute atomic E-state index is 11.7. The third-order valence-corrected chi connectivity index (χ3v) is 1.81. The fraction of sp³-hybridized carbons (Fsp3) is 0.333. The number of carbonyl (C=O) groups excluding carboxylic acids is 2. The second-order valence-electron chi connectivity index (χ2n) is 4.48. The highest BCUT2D eigenvalue weighted by molar-refractivity contribution is 6.02. The molecule has 0 aliphatic carbocycles. The number of rotatable bonds is 3. The van der Waals surface area contributed by atoms with Crippen LogP contribution in [0.2, 0.25) is 0 Å². The van der Waals surface area contributed by atoms with Gasteiger partial charge in [-0.2, -0.15) is 4.89 Å². The highest BCUT2D eigenvalue weighted by Crippen LogP contribution is 2.14. The van der Waals surface area contributed by atoms with Crippen molar-refractivity contribution in [3.8, 4) is 0 Å². The Bertz CT molecular complexity index is 446. The first kappa shape index (κ1) is 14.1. The van der Waals surface area contributed by atoms with E-state index in [2.05, 4.69) is 9.78 Å². The fourth-order valence-corrected chi connectivity index (χ4v) is 1.09. The molecule has 18 heavy (non-hydrogen) atoms. The lowest BCUT2D eigenvalue weighted by atomic mass is 10.1. The van der Waals surface area contributed by atoms with Gasteiger partial charge in [-0.15, -0.1) is 0 Å². The van der Waals surface area contributed by atoms with Crippen molar-refractivity contribution in [3.05, 3.63) is 35.4 Å². The van der Waals surface area contributed by atoms with Crippen molar-refractivity contribution in [1.29, 1.82) is 0 Å². The summed E-state index contributed by atoms with van der Waals surface area (Å²) in [7, 11) is 0. The summed E-state index contributed by atoms with van der Waals surface area (Å²) in [5, 5.41) is 10.1. The van der Waals surface area contributed by atoms with Gasteiger partial charge in [-0.25, -0.2) is 9.59 Å². The second kappa shape index (κ2) is 5.61. The van der Waals surface area contributed by atoms with Crippen molar-refractivity contribution >= 4 is 11.9 Å². The van der Waals surface area contributed by atoms with Gasteiger partial charge in [-0.3, -0.25) is 4.89 Å². The molecule has 0 radical (unpaired) electrons. The van der Waals surface area contributed by atoms with Crippen LogP contribution in [-0.2, 0) is 14.7 Å². The van der Waals surface area contributed by atoms with E-state index in [1.807, 2.05) is 0 Å². The molecule has 0 bridgehead atoms. The standard InChI is InChI=1S/C12H14O6/c1-12(2,3)18-17-11(14)9-7-5-4-6-8(9)10(13)16-15/h4-7,15H,1-3H3/p-1. The minimum Gasteiger partial charge on any atom is -0.661 e. The van der Waals surface area contributed by atoms with Crippen molar-refractivity contribution < 1.29 is 29.5 Å². The first-order valence-corrected chi connectivity index (χ1v) is 5.18. The van der Waals surface area contributed by atoms with Crippen LogP contribution in [-0.4, -0.2) is 17.5 Å². The molecule has 0 saturated heterocycles. The Morgan fingerprint density at radius 2 is 1.56 bits per heavy atom. The summed E-state index contributed by atoms with van der Waals surface area (Å²) in [5.74, 6) is -2.02. The van der Waals surface area contributed by atoms with E-state index in [1.54, 1.807) is 20.8 Å². The lowest BCUT2D eigenvalue weighted by Gasteiger charge is -2.17. The van der Waals surface area contributed by atoms with E-state index in [9.17, 15) is 14.8 Å². The quantitative estimate of drug-likeness (QED) is 0.590. The molecular weight excluding hydrogens is 240 g/mol. The van der Waals surface area contributed by atoms with Crippen LogP contribution in [0.1, 0.15) is 41.5 Å². The van der Waals surface area contributed by atoms with E-state index in [1.165, 1.54) is 24.3 Å². The van der Waals surface area contributed by atoms with Crippen LogP contribution < -0.4 is 5.26 Å². The lowest BCUT2D eigenvalue weighted by Crippen LogP contribution is -2.23. The number of hydrogen-bond donors (Lipinski definition) is 0. The van der Waals surface area contributed by atoms with Crippen LogP contribution in [0.15, 0.2) is 24.3 Å². The van der Waals surface area contributed by atoms with Gasteiger partial charge in [-0.1, -0.05) is 12.1 Å². The monoisotopic (exact) mass is 253 g/mol. The van der Waals surface area contributed by atoms with Crippen molar-refractivity contribution in [2.24, 2.45) is 0 Å². The SMILES string of the molecule is CC(C)(C)OOC(=O)c1ccccc1C(=O)O[O-]. The number of hydrogen-bond acceptors (Lipinski definition) is 6. The zero-order chi connectivity index (χ0) is 13.8. The van der Waals surface area contributed by atoms with Crippen LogP contribution in [0.5, 0.6) is 0 Å². The van der Waals surface area contributed by atoms with Crippen molar-refractivity contribution in [3.63, 3.8) is 0 Å². The molecule has 0 aliphatic heterocycles. The third-order valence-electron chi connectivity index (χ3n) is 1.81. The normalized spacial score (nSPS) is 10.9. The average molecular weight is 253 g/mol. The van der Waals surface area contributed by atoms with Gasteiger partial charge >= 0.3 is 11.9 Å². The second-order valence-corrected chi connectivity index (χ2v) is 4.48. The van der Waals surface area contributed by atoms with Crippen molar-refractivity contribution in [2.75, 3.05) is 0 Å².